The van der Waals surface area contributed by atoms with Crippen molar-refractivity contribution in [3.05, 3.63) is 60.0 Å². The summed E-state index contributed by atoms with van der Waals surface area (Å²) in [6.07, 6.45) is 1.13. The van der Waals surface area contributed by atoms with E-state index in [1.165, 1.54) is 11.1 Å². The van der Waals surface area contributed by atoms with E-state index in [9.17, 15) is 0 Å². The van der Waals surface area contributed by atoms with Gasteiger partial charge in [-0.25, -0.2) is 4.98 Å². The van der Waals surface area contributed by atoms with E-state index in [0.29, 0.717) is 0 Å². The van der Waals surface area contributed by atoms with E-state index in [-0.39, 0.29) is 0 Å². The molecule has 0 aliphatic carbocycles. The van der Waals surface area contributed by atoms with Crippen LogP contribution in [-0.2, 0) is 4.74 Å². The molecule has 2 aromatic carbocycles. The summed E-state index contributed by atoms with van der Waals surface area (Å²) in [5, 5.41) is 6.59. The van der Waals surface area contributed by atoms with Crippen LogP contribution in [0.1, 0.15) is 6.42 Å². The van der Waals surface area contributed by atoms with E-state index in [1.807, 2.05) is 6.07 Å². The maximum absolute atomic E-state index is 5.39. The maximum atomic E-state index is 5.39. The first-order valence-corrected chi connectivity index (χ1v) is 10.4. The lowest BCUT2D eigenvalue weighted by atomic mass is 10.0. The minimum absolute atomic E-state index is 0.867. The fraction of sp³-hybridized carbons (Fsp3) is 0.318. The molecule has 140 valence electrons. The van der Waals surface area contributed by atoms with E-state index in [2.05, 4.69) is 64.1 Å². The molecule has 27 heavy (non-hydrogen) atoms. The second kappa shape index (κ2) is 9.13. The van der Waals surface area contributed by atoms with E-state index >= 15 is 0 Å². The van der Waals surface area contributed by atoms with Crippen LogP contribution >= 0.6 is 11.3 Å². The van der Waals surface area contributed by atoms with Crippen molar-refractivity contribution in [1.82, 2.24) is 9.88 Å². The van der Waals surface area contributed by atoms with Gasteiger partial charge < -0.3 is 10.1 Å². The van der Waals surface area contributed by atoms with Crippen molar-refractivity contribution in [3.8, 4) is 22.4 Å². The Morgan fingerprint density at radius 3 is 2.41 bits per heavy atom. The van der Waals surface area contributed by atoms with Gasteiger partial charge >= 0.3 is 0 Å². The molecule has 4 rings (SSSR count). The predicted molar refractivity (Wildman–Crippen MR) is 113 cm³/mol. The summed E-state index contributed by atoms with van der Waals surface area (Å²) < 4.78 is 5.39. The highest BCUT2D eigenvalue weighted by Gasteiger charge is 2.09. The molecule has 1 fully saturated rings. The van der Waals surface area contributed by atoms with Gasteiger partial charge in [-0.3, -0.25) is 4.90 Å². The van der Waals surface area contributed by atoms with Crippen molar-refractivity contribution >= 4 is 16.5 Å². The second-order valence-electron chi connectivity index (χ2n) is 6.72. The molecule has 1 aliphatic heterocycles. The number of aromatic nitrogens is 1. The first-order valence-electron chi connectivity index (χ1n) is 9.54. The zero-order valence-electron chi connectivity index (χ0n) is 15.4. The van der Waals surface area contributed by atoms with Gasteiger partial charge in [-0.2, -0.15) is 0 Å². The zero-order valence-corrected chi connectivity index (χ0v) is 16.3. The number of ether oxygens (including phenoxy) is 1. The molecule has 0 atom stereocenters. The Balaban J connectivity index is 1.29. The lowest BCUT2D eigenvalue weighted by Gasteiger charge is -2.26. The fourth-order valence-corrected chi connectivity index (χ4v) is 4.02. The number of benzene rings is 2. The summed E-state index contributed by atoms with van der Waals surface area (Å²) in [6, 6.07) is 19.1. The molecule has 1 aromatic heterocycles. The number of hydrogen-bond donors (Lipinski definition) is 1. The Hall–Kier alpha value is -2.21. The number of morpholine rings is 1. The van der Waals surface area contributed by atoms with Gasteiger partial charge in [-0.05, 0) is 24.1 Å². The Bertz CT molecular complexity index is 826. The number of thiazole rings is 1. The molecule has 2 heterocycles. The molecule has 0 bridgehead atoms. The average molecular weight is 380 g/mol. The molecule has 4 nitrogen and oxygen atoms in total. The van der Waals surface area contributed by atoms with Crippen molar-refractivity contribution in [2.24, 2.45) is 0 Å². The van der Waals surface area contributed by atoms with Crippen molar-refractivity contribution < 1.29 is 4.74 Å². The molecule has 0 spiro atoms. The maximum Gasteiger partial charge on any atom is 0.183 e. The first kappa shape index (κ1) is 18.2. The molecule has 1 N–H and O–H groups in total. The summed E-state index contributed by atoms with van der Waals surface area (Å²) >= 11 is 1.68. The molecule has 0 amide bonds. The zero-order chi connectivity index (χ0) is 18.3. The highest BCUT2D eigenvalue weighted by Crippen LogP contribution is 2.27. The predicted octanol–water partition coefficient (Wildman–Crippen LogP) is 4.61. The third kappa shape index (κ3) is 4.95. The summed E-state index contributed by atoms with van der Waals surface area (Å²) in [6.45, 7) is 5.92. The van der Waals surface area contributed by atoms with Gasteiger partial charge in [0, 0.05) is 30.6 Å². The molecule has 3 aromatic rings. The average Bonchev–Trinajstić information content (AvgIpc) is 3.22. The smallest absolute Gasteiger partial charge is 0.183 e. The van der Waals surface area contributed by atoms with Gasteiger partial charge in [0.25, 0.3) is 0 Å². The van der Waals surface area contributed by atoms with Gasteiger partial charge in [0.15, 0.2) is 5.13 Å². The number of nitrogens with zero attached hydrogens (tertiary/aromatic N) is 2. The van der Waals surface area contributed by atoms with Gasteiger partial charge in [0.05, 0.1) is 18.9 Å². The Morgan fingerprint density at radius 1 is 0.926 bits per heavy atom. The number of rotatable bonds is 7. The standard InChI is InChI=1S/C22H25N3OS/c1-2-5-18(6-3-1)19-7-9-20(10-8-19)21-17-27-22(24-21)23-11-4-12-25-13-15-26-16-14-25/h1-3,5-10,17H,4,11-16H2,(H,23,24). The van der Waals surface area contributed by atoms with Gasteiger partial charge in [-0.1, -0.05) is 54.6 Å². The monoisotopic (exact) mass is 379 g/mol. The Morgan fingerprint density at radius 2 is 1.63 bits per heavy atom. The molecule has 0 radical (unpaired) electrons. The molecular formula is C22H25N3OS. The van der Waals surface area contributed by atoms with Crippen LogP contribution in [0.2, 0.25) is 0 Å². The highest BCUT2D eigenvalue weighted by atomic mass is 32.1. The van der Waals surface area contributed by atoms with Crippen molar-refractivity contribution in [2.75, 3.05) is 44.7 Å². The van der Waals surface area contributed by atoms with Crippen LogP contribution < -0.4 is 5.32 Å². The largest absolute Gasteiger partial charge is 0.379 e. The Labute approximate surface area is 164 Å². The summed E-state index contributed by atoms with van der Waals surface area (Å²) in [7, 11) is 0. The lowest BCUT2D eigenvalue weighted by Crippen LogP contribution is -2.37. The van der Waals surface area contributed by atoms with E-state index in [0.717, 1.165) is 62.2 Å². The molecule has 1 aliphatic rings. The quantitative estimate of drug-likeness (QED) is 0.608. The van der Waals surface area contributed by atoms with Crippen molar-refractivity contribution in [1.29, 1.82) is 0 Å². The topological polar surface area (TPSA) is 37.4 Å². The third-order valence-electron chi connectivity index (χ3n) is 4.82. The second-order valence-corrected chi connectivity index (χ2v) is 7.57. The highest BCUT2D eigenvalue weighted by molar-refractivity contribution is 7.14. The third-order valence-corrected chi connectivity index (χ3v) is 5.62. The summed E-state index contributed by atoms with van der Waals surface area (Å²) in [4.78, 5) is 7.21. The van der Waals surface area contributed by atoms with Crippen LogP contribution in [0.15, 0.2) is 60.0 Å². The number of nitrogens with one attached hydrogen (secondary N) is 1. The van der Waals surface area contributed by atoms with Crippen molar-refractivity contribution in [3.63, 3.8) is 0 Å². The molecule has 5 heteroatoms. The fourth-order valence-electron chi connectivity index (χ4n) is 3.27. The lowest BCUT2D eigenvalue weighted by molar-refractivity contribution is 0.0378. The normalized spacial score (nSPS) is 15.0. The SMILES string of the molecule is c1ccc(-c2ccc(-c3csc(NCCCN4CCOCC4)n3)cc2)cc1. The van der Waals surface area contributed by atoms with Gasteiger partial charge in [0.2, 0.25) is 0 Å². The van der Waals surface area contributed by atoms with Crippen LogP contribution in [0, 0.1) is 0 Å². The molecular weight excluding hydrogens is 354 g/mol. The summed E-state index contributed by atoms with van der Waals surface area (Å²) in [5.41, 5.74) is 4.67. The van der Waals surface area contributed by atoms with Crippen molar-refractivity contribution in [2.45, 2.75) is 6.42 Å². The number of anilines is 1. The van der Waals surface area contributed by atoms with Crippen LogP contribution in [-0.4, -0.2) is 49.3 Å². The molecule has 1 saturated heterocycles. The Kier molecular flexibility index (Phi) is 6.14. The van der Waals surface area contributed by atoms with Crippen LogP contribution in [0.25, 0.3) is 22.4 Å². The summed E-state index contributed by atoms with van der Waals surface area (Å²) in [5.74, 6) is 0. The van der Waals surface area contributed by atoms with E-state index < -0.39 is 0 Å². The van der Waals surface area contributed by atoms with Crippen LogP contribution in [0.5, 0.6) is 0 Å². The minimum Gasteiger partial charge on any atom is -0.379 e. The van der Waals surface area contributed by atoms with E-state index in [4.69, 9.17) is 9.72 Å². The van der Waals surface area contributed by atoms with Crippen LogP contribution in [0.3, 0.4) is 0 Å². The van der Waals surface area contributed by atoms with Crippen LogP contribution in [0.4, 0.5) is 5.13 Å². The number of hydrogen-bond acceptors (Lipinski definition) is 5. The van der Waals surface area contributed by atoms with E-state index in [1.54, 1.807) is 11.3 Å². The molecule has 0 saturated carbocycles. The molecule has 0 unspecified atom stereocenters. The van der Waals surface area contributed by atoms with Gasteiger partial charge in [-0.15, -0.1) is 11.3 Å². The van der Waals surface area contributed by atoms with Gasteiger partial charge in [0.1, 0.15) is 0 Å². The first-order chi connectivity index (χ1) is 13.4. The minimum atomic E-state index is 0.867.